The second kappa shape index (κ2) is 6.87. The van der Waals surface area contributed by atoms with Crippen molar-refractivity contribution in [3.63, 3.8) is 0 Å². The second-order valence-electron chi connectivity index (χ2n) is 7.02. The molecule has 1 atom stereocenters. The summed E-state index contributed by atoms with van der Waals surface area (Å²) in [5, 5.41) is 4.19. The van der Waals surface area contributed by atoms with E-state index in [4.69, 9.17) is 4.74 Å². The molecule has 1 aromatic heterocycles. The number of ether oxygens (including phenoxy) is 1. The number of aromatic amines is 1. The van der Waals surface area contributed by atoms with Crippen molar-refractivity contribution >= 4 is 32.5 Å². The fourth-order valence-electron chi connectivity index (χ4n) is 3.66. The molecule has 7 nitrogen and oxygen atoms in total. The Morgan fingerprint density at radius 2 is 1.89 bits per heavy atom. The van der Waals surface area contributed by atoms with Crippen molar-refractivity contribution in [3.8, 4) is 5.75 Å². The standard InChI is InChI=1S/C20H21N3O4S/c1-27-15-7-8-18-17(11-15)16-9-14(10-19(16)22-18)21-20(24)12-3-5-13(6-4-12)23-28(2,25)26/h3-8,11,14,22-23H,9-10H2,1-2H3,(H,21,24). The first-order chi connectivity index (χ1) is 13.3. The summed E-state index contributed by atoms with van der Waals surface area (Å²) in [6, 6.07) is 12.3. The fourth-order valence-corrected chi connectivity index (χ4v) is 4.22. The van der Waals surface area contributed by atoms with E-state index in [1.165, 1.54) is 5.56 Å². The molecule has 0 radical (unpaired) electrons. The van der Waals surface area contributed by atoms with E-state index < -0.39 is 10.0 Å². The largest absolute Gasteiger partial charge is 0.497 e. The van der Waals surface area contributed by atoms with Gasteiger partial charge >= 0.3 is 0 Å². The zero-order valence-corrected chi connectivity index (χ0v) is 16.4. The smallest absolute Gasteiger partial charge is 0.251 e. The number of aromatic nitrogens is 1. The van der Waals surface area contributed by atoms with Crippen molar-refractivity contribution < 1.29 is 17.9 Å². The highest BCUT2D eigenvalue weighted by atomic mass is 32.2. The van der Waals surface area contributed by atoms with E-state index in [1.54, 1.807) is 31.4 Å². The molecule has 1 unspecified atom stereocenters. The number of carbonyl (C=O) groups excluding carboxylic acids is 1. The zero-order chi connectivity index (χ0) is 19.9. The Bertz CT molecular complexity index is 1150. The van der Waals surface area contributed by atoms with Gasteiger partial charge in [0.1, 0.15) is 5.75 Å². The SMILES string of the molecule is COc1ccc2[nH]c3c(c2c1)CC(NC(=O)c1ccc(NS(C)(=O)=O)cc1)C3. The van der Waals surface area contributed by atoms with Gasteiger partial charge in [0.25, 0.3) is 5.91 Å². The number of nitrogens with one attached hydrogen (secondary N) is 3. The van der Waals surface area contributed by atoms with E-state index >= 15 is 0 Å². The normalized spacial score (nSPS) is 16.0. The lowest BCUT2D eigenvalue weighted by Crippen LogP contribution is -2.35. The van der Waals surface area contributed by atoms with Gasteiger partial charge in [-0.2, -0.15) is 0 Å². The first-order valence-electron chi connectivity index (χ1n) is 8.88. The summed E-state index contributed by atoms with van der Waals surface area (Å²) in [7, 11) is -1.69. The second-order valence-corrected chi connectivity index (χ2v) is 8.77. The Morgan fingerprint density at radius 1 is 1.14 bits per heavy atom. The van der Waals surface area contributed by atoms with Crippen molar-refractivity contribution in [2.75, 3.05) is 18.1 Å². The van der Waals surface area contributed by atoms with Crippen LogP contribution in [0.2, 0.25) is 0 Å². The van der Waals surface area contributed by atoms with Gasteiger partial charge in [0.15, 0.2) is 0 Å². The molecule has 1 aliphatic carbocycles. The Balaban J connectivity index is 1.45. The van der Waals surface area contributed by atoms with Crippen LogP contribution in [0.25, 0.3) is 10.9 Å². The first kappa shape index (κ1) is 18.4. The number of carbonyl (C=O) groups is 1. The molecule has 1 heterocycles. The van der Waals surface area contributed by atoms with Crippen molar-refractivity contribution in [1.29, 1.82) is 0 Å². The van der Waals surface area contributed by atoms with Gasteiger partial charge < -0.3 is 15.0 Å². The average molecular weight is 399 g/mol. The molecule has 8 heteroatoms. The number of hydrogen-bond acceptors (Lipinski definition) is 4. The molecular weight excluding hydrogens is 378 g/mol. The number of methoxy groups -OCH3 is 1. The maximum atomic E-state index is 12.6. The molecule has 0 aliphatic heterocycles. The molecule has 0 fully saturated rings. The molecule has 3 aromatic rings. The minimum atomic E-state index is -3.34. The third-order valence-corrected chi connectivity index (χ3v) is 5.49. The lowest BCUT2D eigenvalue weighted by atomic mass is 10.1. The van der Waals surface area contributed by atoms with Crippen LogP contribution in [-0.4, -0.2) is 38.7 Å². The maximum Gasteiger partial charge on any atom is 0.251 e. The topological polar surface area (TPSA) is 100 Å². The minimum absolute atomic E-state index is 0.0122. The van der Waals surface area contributed by atoms with Gasteiger partial charge in [-0.15, -0.1) is 0 Å². The molecule has 146 valence electrons. The highest BCUT2D eigenvalue weighted by Gasteiger charge is 2.27. The molecule has 0 saturated carbocycles. The van der Waals surface area contributed by atoms with Crippen molar-refractivity contribution in [2.24, 2.45) is 0 Å². The van der Waals surface area contributed by atoms with Crippen LogP contribution in [0.3, 0.4) is 0 Å². The third-order valence-electron chi connectivity index (χ3n) is 4.89. The Labute approximate surface area is 163 Å². The van der Waals surface area contributed by atoms with Gasteiger partial charge in [-0.25, -0.2) is 8.42 Å². The quantitative estimate of drug-likeness (QED) is 0.613. The third kappa shape index (κ3) is 3.68. The van der Waals surface area contributed by atoms with Crippen LogP contribution in [-0.2, 0) is 22.9 Å². The van der Waals surface area contributed by atoms with E-state index in [0.29, 0.717) is 11.3 Å². The number of sulfonamides is 1. The number of fused-ring (bicyclic) bond motifs is 3. The summed E-state index contributed by atoms with van der Waals surface area (Å²) >= 11 is 0. The highest BCUT2D eigenvalue weighted by Crippen LogP contribution is 2.32. The van der Waals surface area contributed by atoms with Crippen LogP contribution >= 0.6 is 0 Å². The molecule has 3 N–H and O–H groups in total. The molecular formula is C20H21N3O4S. The summed E-state index contributed by atoms with van der Waals surface area (Å²) in [6.45, 7) is 0. The summed E-state index contributed by atoms with van der Waals surface area (Å²) in [6.07, 6.45) is 2.58. The fraction of sp³-hybridized carbons (Fsp3) is 0.250. The van der Waals surface area contributed by atoms with Crippen LogP contribution in [0.5, 0.6) is 5.75 Å². The predicted molar refractivity (Wildman–Crippen MR) is 108 cm³/mol. The van der Waals surface area contributed by atoms with Gasteiger partial charge in [-0.3, -0.25) is 9.52 Å². The molecule has 2 aromatic carbocycles. The molecule has 0 bridgehead atoms. The number of rotatable bonds is 5. The monoisotopic (exact) mass is 399 g/mol. The maximum absolute atomic E-state index is 12.6. The lowest BCUT2D eigenvalue weighted by Gasteiger charge is -2.13. The molecule has 28 heavy (non-hydrogen) atoms. The van der Waals surface area contributed by atoms with E-state index in [2.05, 4.69) is 15.0 Å². The molecule has 1 amide bonds. The van der Waals surface area contributed by atoms with Crippen molar-refractivity contribution in [3.05, 3.63) is 59.3 Å². The van der Waals surface area contributed by atoms with Crippen LogP contribution in [0.15, 0.2) is 42.5 Å². The molecule has 1 aliphatic rings. The highest BCUT2D eigenvalue weighted by molar-refractivity contribution is 7.92. The molecule has 4 rings (SSSR count). The number of anilines is 1. The van der Waals surface area contributed by atoms with Gasteiger partial charge in [-0.05, 0) is 54.4 Å². The van der Waals surface area contributed by atoms with Crippen LogP contribution in [0.4, 0.5) is 5.69 Å². The van der Waals surface area contributed by atoms with Crippen molar-refractivity contribution in [2.45, 2.75) is 18.9 Å². The lowest BCUT2D eigenvalue weighted by molar-refractivity contribution is 0.0938. The summed E-state index contributed by atoms with van der Waals surface area (Å²) in [4.78, 5) is 16.0. The number of benzene rings is 2. The van der Waals surface area contributed by atoms with Crippen LogP contribution < -0.4 is 14.8 Å². The molecule has 0 saturated heterocycles. The minimum Gasteiger partial charge on any atom is -0.497 e. The van der Waals surface area contributed by atoms with E-state index in [0.717, 1.165) is 41.4 Å². The van der Waals surface area contributed by atoms with Crippen LogP contribution in [0, 0.1) is 0 Å². The van der Waals surface area contributed by atoms with E-state index in [1.807, 2.05) is 18.2 Å². The first-order valence-corrected chi connectivity index (χ1v) is 10.8. The Kier molecular flexibility index (Phi) is 4.50. The van der Waals surface area contributed by atoms with Gasteiger partial charge in [0.05, 0.1) is 13.4 Å². The van der Waals surface area contributed by atoms with E-state index in [-0.39, 0.29) is 11.9 Å². The summed E-state index contributed by atoms with van der Waals surface area (Å²) in [5.41, 5.74) is 4.34. The number of hydrogen-bond donors (Lipinski definition) is 3. The Morgan fingerprint density at radius 3 is 2.57 bits per heavy atom. The van der Waals surface area contributed by atoms with Crippen LogP contribution in [0.1, 0.15) is 21.6 Å². The van der Waals surface area contributed by atoms with Gasteiger partial charge in [0.2, 0.25) is 10.0 Å². The number of amides is 1. The molecule has 0 spiro atoms. The average Bonchev–Trinajstić information content (AvgIpc) is 3.17. The number of H-pyrrole nitrogens is 1. The van der Waals surface area contributed by atoms with Gasteiger partial charge in [0, 0.05) is 40.3 Å². The predicted octanol–water partition coefficient (Wildman–Crippen LogP) is 2.45. The summed E-state index contributed by atoms with van der Waals surface area (Å²) in [5.74, 6) is 0.632. The van der Waals surface area contributed by atoms with E-state index in [9.17, 15) is 13.2 Å². The Hall–Kier alpha value is -3.00. The van der Waals surface area contributed by atoms with Crippen molar-refractivity contribution in [1.82, 2.24) is 10.3 Å². The van der Waals surface area contributed by atoms with Gasteiger partial charge in [-0.1, -0.05) is 0 Å². The summed E-state index contributed by atoms with van der Waals surface area (Å²) < 4.78 is 30.2. The zero-order valence-electron chi connectivity index (χ0n) is 15.6.